The largest absolute Gasteiger partial charge is 0.468 e. The van der Waals surface area contributed by atoms with Gasteiger partial charge in [0.15, 0.2) is 5.41 Å². The van der Waals surface area contributed by atoms with E-state index in [-0.39, 0.29) is 18.8 Å². The Morgan fingerprint density at radius 2 is 1.43 bits per heavy atom. The first-order chi connectivity index (χ1) is 19.4. The zero-order chi connectivity index (χ0) is 27.9. The fourth-order valence-electron chi connectivity index (χ4n) is 5.95. The molecule has 0 saturated heterocycles. The first-order valence-corrected chi connectivity index (χ1v) is 13.4. The van der Waals surface area contributed by atoms with Gasteiger partial charge in [0.1, 0.15) is 11.5 Å². The number of methoxy groups -OCH3 is 2. The molecule has 3 aromatic carbocycles. The van der Waals surface area contributed by atoms with Gasteiger partial charge >= 0.3 is 11.9 Å². The summed E-state index contributed by atoms with van der Waals surface area (Å²) in [4.78, 5) is 26.6. The molecule has 0 bridgehead atoms. The van der Waals surface area contributed by atoms with Gasteiger partial charge in [-0.2, -0.15) is 0 Å². The molecule has 6 rings (SSSR count). The SMILES string of the molecule is COC(=O)C1(C(=O)OC)CC2=CC(c3ccccc3)=CC(c3ccc(Cl)cc3)c3c(-c4ccccc4)oc(c32)C1. The molecule has 0 radical (unpaired) electrons. The number of benzene rings is 3. The third-order valence-corrected chi connectivity index (χ3v) is 8.06. The number of halogens is 1. The Bertz CT molecular complexity index is 1630. The molecule has 0 fully saturated rings. The minimum atomic E-state index is -1.56. The van der Waals surface area contributed by atoms with Gasteiger partial charge in [0.2, 0.25) is 0 Å². The van der Waals surface area contributed by atoms with Crippen LogP contribution in [0.4, 0.5) is 0 Å². The van der Waals surface area contributed by atoms with Crippen molar-refractivity contribution in [3.8, 4) is 11.3 Å². The number of furan rings is 1. The molecule has 0 amide bonds. The first-order valence-electron chi connectivity index (χ1n) is 13.1. The second kappa shape index (κ2) is 10.3. The van der Waals surface area contributed by atoms with E-state index in [0.29, 0.717) is 16.5 Å². The predicted molar refractivity (Wildman–Crippen MR) is 155 cm³/mol. The van der Waals surface area contributed by atoms with Gasteiger partial charge < -0.3 is 13.9 Å². The van der Waals surface area contributed by atoms with Crippen molar-refractivity contribution in [1.29, 1.82) is 0 Å². The highest BCUT2D eigenvalue weighted by Crippen LogP contribution is 2.53. The molecule has 1 unspecified atom stereocenters. The quantitative estimate of drug-likeness (QED) is 0.190. The average molecular weight is 551 g/mol. The molecular weight excluding hydrogens is 524 g/mol. The summed E-state index contributed by atoms with van der Waals surface area (Å²) in [6.45, 7) is 0. The first kappa shape index (κ1) is 25.9. The molecule has 2 aliphatic carbocycles. The average Bonchev–Trinajstić information content (AvgIpc) is 3.29. The molecular formula is C34H27ClO5. The van der Waals surface area contributed by atoms with Crippen LogP contribution in [0.15, 0.2) is 101 Å². The van der Waals surface area contributed by atoms with Gasteiger partial charge in [0, 0.05) is 40.5 Å². The number of allylic oxidation sites excluding steroid dienone is 4. The Morgan fingerprint density at radius 3 is 2.02 bits per heavy atom. The van der Waals surface area contributed by atoms with E-state index in [1.807, 2.05) is 72.8 Å². The van der Waals surface area contributed by atoms with Crippen LogP contribution < -0.4 is 0 Å². The Kier molecular flexibility index (Phi) is 6.68. The van der Waals surface area contributed by atoms with Crippen molar-refractivity contribution < 1.29 is 23.5 Å². The van der Waals surface area contributed by atoms with E-state index in [4.69, 9.17) is 25.5 Å². The molecule has 200 valence electrons. The van der Waals surface area contributed by atoms with Crippen LogP contribution in [0, 0.1) is 5.41 Å². The number of carbonyl (C=O) groups is 2. The molecule has 6 heteroatoms. The van der Waals surface area contributed by atoms with Gasteiger partial charge in [-0.15, -0.1) is 0 Å². The van der Waals surface area contributed by atoms with Crippen molar-refractivity contribution in [3.05, 3.63) is 130 Å². The summed E-state index contributed by atoms with van der Waals surface area (Å²) >= 11 is 6.28. The van der Waals surface area contributed by atoms with Crippen molar-refractivity contribution in [1.82, 2.24) is 0 Å². The summed E-state index contributed by atoms with van der Waals surface area (Å²) in [5.41, 5.74) is 5.12. The fraction of sp³-hybridized carbons (Fsp3) is 0.176. The van der Waals surface area contributed by atoms with Crippen LogP contribution in [0.2, 0.25) is 5.02 Å². The third-order valence-electron chi connectivity index (χ3n) is 7.81. The number of rotatable bonds is 5. The van der Waals surface area contributed by atoms with Crippen LogP contribution in [0.1, 0.15) is 40.4 Å². The van der Waals surface area contributed by atoms with Gasteiger partial charge in [-0.25, -0.2) is 0 Å². The van der Waals surface area contributed by atoms with Gasteiger partial charge in [-0.05, 0) is 34.4 Å². The highest BCUT2D eigenvalue weighted by atomic mass is 35.5. The Hall–Kier alpha value is -4.35. The lowest BCUT2D eigenvalue weighted by Gasteiger charge is -2.32. The number of hydrogen-bond acceptors (Lipinski definition) is 5. The summed E-state index contributed by atoms with van der Waals surface area (Å²) < 4.78 is 17.0. The van der Waals surface area contributed by atoms with E-state index in [9.17, 15) is 9.59 Å². The molecule has 1 aromatic heterocycles. The lowest BCUT2D eigenvalue weighted by molar-refractivity contribution is -0.169. The lowest BCUT2D eigenvalue weighted by atomic mass is 9.70. The molecule has 4 aromatic rings. The number of hydrogen-bond donors (Lipinski definition) is 0. The maximum Gasteiger partial charge on any atom is 0.324 e. The molecule has 1 heterocycles. The van der Waals surface area contributed by atoms with Crippen molar-refractivity contribution in [2.45, 2.75) is 18.8 Å². The summed E-state index contributed by atoms with van der Waals surface area (Å²) in [6.07, 6.45) is 4.45. The van der Waals surface area contributed by atoms with Crippen LogP contribution in [0.25, 0.3) is 22.5 Å². The zero-order valence-electron chi connectivity index (χ0n) is 22.1. The Morgan fingerprint density at radius 1 is 0.825 bits per heavy atom. The van der Waals surface area contributed by atoms with Gasteiger partial charge in [0.05, 0.1) is 14.2 Å². The van der Waals surface area contributed by atoms with Crippen LogP contribution in [-0.2, 0) is 25.5 Å². The zero-order valence-corrected chi connectivity index (χ0v) is 22.9. The molecule has 1 atom stereocenters. The molecule has 0 spiro atoms. The second-order valence-corrected chi connectivity index (χ2v) is 10.6. The van der Waals surface area contributed by atoms with E-state index in [1.165, 1.54) is 14.2 Å². The van der Waals surface area contributed by atoms with Crippen molar-refractivity contribution >= 4 is 34.7 Å². The molecule has 40 heavy (non-hydrogen) atoms. The van der Waals surface area contributed by atoms with Crippen LogP contribution >= 0.6 is 11.6 Å². The number of ether oxygens (including phenoxy) is 2. The highest BCUT2D eigenvalue weighted by molar-refractivity contribution is 6.30. The summed E-state index contributed by atoms with van der Waals surface area (Å²) in [5, 5.41) is 0.655. The Labute approximate surface area is 237 Å². The van der Waals surface area contributed by atoms with Gasteiger partial charge in [-0.3, -0.25) is 9.59 Å². The lowest BCUT2D eigenvalue weighted by Crippen LogP contribution is -2.45. The molecule has 0 aliphatic heterocycles. The minimum Gasteiger partial charge on any atom is -0.468 e. The smallest absolute Gasteiger partial charge is 0.324 e. The molecule has 2 aliphatic rings. The Balaban J connectivity index is 1.68. The third kappa shape index (κ3) is 4.27. The van der Waals surface area contributed by atoms with Crippen molar-refractivity contribution in [3.63, 3.8) is 0 Å². The van der Waals surface area contributed by atoms with Crippen LogP contribution in [0.5, 0.6) is 0 Å². The van der Waals surface area contributed by atoms with Crippen LogP contribution in [0.3, 0.4) is 0 Å². The van der Waals surface area contributed by atoms with E-state index in [1.54, 1.807) is 0 Å². The maximum absolute atomic E-state index is 13.3. The van der Waals surface area contributed by atoms with E-state index >= 15 is 0 Å². The number of carbonyl (C=O) groups excluding carboxylic acids is 2. The molecule has 0 N–H and O–H groups in total. The maximum atomic E-state index is 13.3. The van der Waals surface area contributed by atoms with Crippen LogP contribution in [-0.4, -0.2) is 26.2 Å². The topological polar surface area (TPSA) is 65.7 Å². The molecule has 0 saturated carbocycles. The second-order valence-electron chi connectivity index (χ2n) is 10.1. The fourth-order valence-corrected chi connectivity index (χ4v) is 6.07. The van der Waals surface area contributed by atoms with E-state index < -0.39 is 17.4 Å². The van der Waals surface area contributed by atoms with Crippen molar-refractivity contribution in [2.75, 3.05) is 14.2 Å². The molecule has 5 nitrogen and oxygen atoms in total. The van der Waals surface area contributed by atoms with Crippen molar-refractivity contribution in [2.24, 2.45) is 5.41 Å². The minimum absolute atomic E-state index is 0.0346. The van der Waals surface area contributed by atoms with Gasteiger partial charge in [-0.1, -0.05) is 96.5 Å². The summed E-state index contributed by atoms with van der Waals surface area (Å²) in [5.74, 6) is -0.216. The van der Waals surface area contributed by atoms with Gasteiger partial charge in [0.25, 0.3) is 0 Å². The summed E-state index contributed by atoms with van der Waals surface area (Å²) in [7, 11) is 2.58. The predicted octanol–water partition coefficient (Wildman–Crippen LogP) is 7.49. The van der Waals surface area contributed by atoms with E-state index in [2.05, 4.69) is 24.3 Å². The normalized spacial score (nSPS) is 17.1. The number of esters is 2. The monoisotopic (exact) mass is 550 g/mol. The standard InChI is InChI=1S/C34H27ClO5/c1-38-32(36)34(33(37)39-2)19-25-17-24(21-9-5-3-6-10-21)18-27(22-13-15-26(35)16-14-22)30-29(25)28(20-34)40-31(30)23-11-7-4-8-12-23/h3-18,27H,19-20H2,1-2H3. The van der Waals surface area contributed by atoms with E-state index in [0.717, 1.165) is 39.0 Å². The highest BCUT2D eigenvalue weighted by Gasteiger charge is 2.54. The summed E-state index contributed by atoms with van der Waals surface area (Å²) in [6, 6.07) is 27.8.